The van der Waals surface area contributed by atoms with E-state index in [1.807, 2.05) is 37.5 Å². The lowest BCUT2D eigenvalue weighted by molar-refractivity contribution is 0.0573. The SMILES string of the molecule is Cn1cc2c(C(=O)CC3CCC(F)(CCN4CCc5ccc(OCC(F)F)nc5CC4)CC3)cccc2n1. The van der Waals surface area contributed by atoms with Crippen molar-refractivity contribution in [1.29, 1.82) is 0 Å². The summed E-state index contributed by atoms with van der Waals surface area (Å²) in [6, 6.07) is 9.19. The summed E-state index contributed by atoms with van der Waals surface area (Å²) in [5.74, 6) is 0.548. The zero-order valence-corrected chi connectivity index (χ0v) is 21.8. The number of ketones is 1. The van der Waals surface area contributed by atoms with E-state index in [0.717, 1.165) is 54.5 Å². The van der Waals surface area contributed by atoms with Crippen LogP contribution in [0, 0.1) is 5.92 Å². The molecule has 6 nitrogen and oxygen atoms in total. The predicted molar refractivity (Wildman–Crippen MR) is 140 cm³/mol. The number of carbonyl (C=O) groups excluding carboxylic acids is 1. The van der Waals surface area contributed by atoms with Gasteiger partial charge in [-0.3, -0.25) is 9.48 Å². The van der Waals surface area contributed by atoms with Gasteiger partial charge in [-0.1, -0.05) is 18.2 Å². The summed E-state index contributed by atoms with van der Waals surface area (Å²) in [5, 5.41) is 5.27. The van der Waals surface area contributed by atoms with E-state index >= 15 is 4.39 Å². The second-order valence-corrected chi connectivity index (χ2v) is 10.8. The summed E-state index contributed by atoms with van der Waals surface area (Å²) in [7, 11) is 1.85. The summed E-state index contributed by atoms with van der Waals surface area (Å²) in [6.45, 7) is 1.59. The lowest BCUT2D eigenvalue weighted by Gasteiger charge is -2.35. The lowest BCUT2D eigenvalue weighted by atomic mass is 9.76. The summed E-state index contributed by atoms with van der Waals surface area (Å²) in [4.78, 5) is 19.8. The zero-order valence-electron chi connectivity index (χ0n) is 21.8. The molecule has 1 fully saturated rings. The van der Waals surface area contributed by atoms with Crippen molar-refractivity contribution in [2.24, 2.45) is 13.0 Å². The minimum Gasteiger partial charge on any atom is -0.472 e. The van der Waals surface area contributed by atoms with E-state index in [-0.39, 0.29) is 17.6 Å². The maximum absolute atomic E-state index is 15.7. The fraction of sp³-hybridized carbons (Fsp3) is 0.552. The van der Waals surface area contributed by atoms with Crippen molar-refractivity contribution in [2.75, 3.05) is 26.2 Å². The Bertz CT molecular complexity index is 1270. The molecule has 1 aliphatic heterocycles. The first-order chi connectivity index (χ1) is 18.3. The number of hydrogen-bond acceptors (Lipinski definition) is 5. The molecule has 38 heavy (non-hydrogen) atoms. The Morgan fingerprint density at radius 3 is 2.74 bits per heavy atom. The van der Waals surface area contributed by atoms with E-state index in [4.69, 9.17) is 4.74 Å². The Hall–Kier alpha value is -2.94. The number of hydrogen-bond donors (Lipinski definition) is 0. The van der Waals surface area contributed by atoms with Gasteiger partial charge in [0.05, 0.1) is 5.52 Å². The summed E-state index contributed by atoms with van der Waals surface area (Å²) < 4.78 is 47.4. The second-order valence-electron chi connectivity index (χ2n) is 10.8. The number of pyridine rings is 1. The minimum absolute atomic E-state index is 0.112. The summed E-state index contributed by atoms with van der Waals surface area (Å²) in [6.07, 6.45) is 4.19. The third-order valence-corrected chi connectivity index (χ3v) is 8.08. The molecule has 9 heteroatoms. The molecule has 0 amide bonds. The largest absolute Gasteiger partial charge is 0.472 e. The fourth-order valence-electron chi connectivity index (χ4n) is 5.85. The highest BCUT2D eigenvalue weighted by atomic mass is 19.3. The molecule has 1 aliphatic carbocycles. The molecule has 0 atom stereocenters. The van der Waals surface area contributed by atoms with Crippen LogP contribution in [0.3, 0.4) is 0 Å². The number of Topliss-reactive ketones (excluding diaryl/α,β-unsaturated/α-hetero) is 1. The van der Waals surface area contributed by atoms with Crippen molar-refractivity contribution in [1.82, 2.24) is 19.7 Å². The first kappa shape index (κ1) is 26.7. The highest BCUT2D eigenvalue weighted by molar-refractivity contribution is 6.07. The van der Waals surface area contributed by atoms with Gasteiger partial charge in [0.1, 0.15) is 5.67 Å². The number of halogens is 3. The highest BCUT2D eigenvalue weighted by Crippen LogP contribution is 2.39. The number of alkyl halides is 3. The smallest absolute Gasteiger partial charge is 0.272 e. The van der Waals surface area contributed by atoms with Crippen LogP contribution >= 0.6 is 0 Å². The van der Waals surface area contributed by atoms with Crippen LogP contribution in [0.2, 0.25) is 0 Å². The molecule has 1 saturated carbocycles. The van der Waals surface area contributed by atoms with E-state index in [9.17, 15) is 13.6 Å². The first-order valence-corrected chi connectivity index (χ1v) is 13.5. The lowest BCUT2D eigenvalue weighted by Crippen LogP contribution is -2.36. The molecule has 2 aliphatic rings. The van der Waals surface area contributed by atoms with E-state index in [2.05, 4.69) is 15.0 Å². The van der Waals surface area contributed by atoms with Crippen LogP contribution in [0.1, 0.15) is 60.1 Å². The normalized spacial score (nSPS) is 22.4. The molecule has 1 aromatic carbocycles. The summed E-state index contributed by atoms with van der Waals surface area (Å²) >= 11 is 0. The Kier molecular flexibility index (Phi) is 8.02. The van der Waals surface area contributed by atoms with Gasteiger partial charge in [0.15, 0.2) is 12.4 Å². The minimum atomic E-state index is -2.53. The van der Waals surface area contributed by atoms with Gasteiger partial charge in [0.25, 0.3) is 6.43 Å². The average molecular weight is 529 g/mol. The molecule has 0 radical (unpaired) electrons. The van der Waals surface area contributed by atoms with Gasteiger partial charge in [-0.25, -0.2) is 18.2 Å². The number of nitrogens with zero attached hydrogens (tertiary/aromatic N) is 4. The third-order valence-electron chi connectivity index (χ3n) is 8.08. The molecular weight excluding hydrogens is 493 g/mol. The van der Waals surface area contributed by atoms with Crippen LogP contribution in [0.15, 0.2) is 36.5 Å². The molecule has 0 N–H and O–H groups in total. The van der Waals surface area contributed by atoms with Gasteiger partial charge in [-0.15, -0.1) is 0 Å². The maximum atomic E-state index is 15.7. The van der Waals surface area contributed by atoms with E-state index in [1.165, 1.54) is 0 Å². The number of aryl methyl sites for hydroxylation is 1. The number of fused-ring (bicyclic) bond motifs is 2. The molecule has 3 aromatic rings. The number of benzene rings is 1. The van der Waals surface area contributed by atoms with Crippen molar-refractivity contribution in [3.63, 3.8) is 0 Å². The Morgan fingerprint density at radius 2 is 1.95 bits per heavy atom. The first-order valence-electron chi connectivity index (χ1n) is 13.5. The van der Waals surface area contributed by atoms with Gasteiger partial charge in [-0.05, 0) is 56.1 Å². The van der Waals surface area contributed by atoms with Crippen molar-refractivity contribution >= 4 is 16.7 Å². The van der Waals surface area contributed by atoms with Gasteiger partial charge in [-0.2, -0.15) is 5.10 Å². The van der Waals surface area contributed by atoms with Crippen LogP contribution in [-0.2, 0) is 19.9 Å². The topological polar surface area (TPSA) is 60.2 Å². The van der Waals surface area contributed by atoms with Crippen LogP contribution in [-0.4, -0.2) is 63.8 Å². The number of rotatable bonds is 9. The molecule has 204 valence electrons. The van der Waals surface area contributed by atoms with Crippen LogP contribution in [0.4, 0.5) is 13.2 Å². The monoisotopic (exact) mass is 528 g/mol. The molecule has 0 saturated heterocycles. The van der Waals surface area contributed by atoms with Crippen molar-refractivity contribution in [3.8, 4) is 5.88 Å². The Balaban J connectivity index is 1.09. The quantitative estimate of drug-likeness (QED) is 0.340. The molecule has 5 rings (SSSR count). The van der Waals surface area contributed by atoms with E-state index < -0.39 is 18.7 Å². The van der Waals surface area contributed by atoms with Crippen LogP contribution in [0.5, 0.6) is 5.88 Å². The second kappa shape index (κ2) is 11.4. The highest BCUT2D eigenvalue weighted by Gasteiger charge is 2.36. The van der Waals surface area contributed by atoms with Crippen LogP contribution in [0.25, 0.3) is 10.9 Å². The third kappa shape index (κ3) is 6.37. The van der Waals surface area contributed by atoms with Crippen molar-refractivity contribution < 1.29 is 22.7 Å². The average Bonchev–Trinajstić information content (AvgIpc) is 3.16. The van der Waals surface area contributed by atoms with Crippen LogP contribution < -0.4 is 4.74 Å². The fourth-order valence-corrected chi connectivity index (χ4v) is 5.85. The number of ether oxygens (including phenoxy) is 1. The van der Waals surface area contributed by atoms with Gasteiger partial charge in [0, 0.05) is 68.4 Å². The van der Waals surface area contributed by atoms with E-state index in [1.54, 1.807) is 10.7 Å². The molecule has 3 heterocycles. The van der Waals surface area contributed by atoms with Gasteiger partial charge >= 0.3 is 0 Å². The molecule has 0 unspecified atom stereocenters. The standard InChI is InChI=1S/C29H35F3N4O2/c1-35-18-23-22(3-2-4-25(23)34-35)26(37)17-20-7-11-29(32,12-8-20)13-16-36-14-9-21-5-6-28(38-19-27(30)31)33-24(21)10-15-36/h2-6,18,20,27H,7-17,19H2,1H3. The zero-order chi connectivity index (χ0) is 26.7. The van der Waals surface area contributed by atoms with Crippen molar-refractivity contribution in [3.05, 3.63) is 53.3 Å². The van der Waals surface area contributed by atoms with Gasteiger partial charge in [0.2, 0.25) is 5.88 Å². The molecule has 2 aromatic heterocycles. The number of aromatic nitrogens is 3. The van der Waals surface area contributed by atoms with E-state index in [0.29, 0.717) is 44.2 Å². The Labute approximate surface area is 221 Å². The Morgan fingerprint density at radius 1 is 1.16 bits per heavy atom. The molecule has 0 spiro atoms. The summed E-state index contributed by atoms with van der Waals surface area (Å²) in [5.41, 5.74) is 2.30. The maximum Gasteiger partial charge on any atom is 0.272 e. The predicted octanol–water partition coefficient (Wildman–Crippen LogP) is 5.57. The molecule has 0 bridgehead atoms. The number of carbonyl (C=O) groups is 1. The molecular formula is C29H35F3N4O2. The van der Waals surface area contributed by atoms with Crippen molar-refractivity contribution in [2.45, 2.75) is 63.5 Å². The van der Waals surface area contributed by atoms with Gasteiger partial charge < -0.3 is 9.64 Å².